The van der Waals surface area contributed by atoms with Gasteiger partial charge < -0.3 is 14.2 Å². The van der Waals surface area contributed by atoms with Gasteiger partial charge in [-0.1, -0.05) is 17.3 Å². The maximum absolute atomic E-state index is 5.81. The molecule has 132 valence electrons. The second-order valence-electron chi connectivity index (χ2n) is 6.16. The Balaban J connectivity index is 1.67. The van der Waals surface area contributed by atoms with Crippen LogP contribution in [0.2, 0.25) is 0 Å². The van der Waals surface area contributed by atoms with Gasteiger partial charge in [0.15, 0.2) is 5.76 Å². The summed E-state index contributed by atoms with van der Waals surface area (Å²) in [5, 5.41) is 19.1. The van der Waals surface area contributed by atoms with Crippen LogP contribution in [0.3, 0.4) is 0 Å². The molecule has 0 aliphatic rings. The van der Waals surface area contributed by atoms with E-state index in [2.05, 4.69) is 30.7 Å². The number of rotatable bonds is 6. The lowest BCUT2D eigenvalue weighted by atomic mass is 10.1. The summed E-state index contributed by atoms with van der Waals surface area (Å²) in [5.41, 5.74) is 2.51. The van der Waals surface area contributed by atoms with Gasteiger partial charge >= 0.3 is 0 Å². The Morgan fingerprint density at radius 3 is 2.85 bits per heavy atom. The fraction of sp³-hybridized carbons (Fsp3) is 0.222. The van der Waals surface area contributed by atoms with E-state index in [0.717, 1.165) is 34.3 Å². The third-order valence-corrected chi connectivity index (χ3v) is 3.98. The highest BCUT2D eigenvalue weighted by Gasteiger charge is 2.14. The molecule has 0 saturated heterocycles. The minimum absolute atomic E-state index is 0.528. The molecule has 0 bridgehead atoms. The molecule has 0 fully saturated rings. The van der Waals surface area contributed by atoms with E-state index >= 15 is 0 Å². The van der Waals surface area contributed by atoms with Crippen molar-refractivity contribution in [2.75, 3.05) is 27.2 Å². The van der Waals surface area contributed by atoms with Gasteiger partial charge in [0, 0.05) is 17.7 Å². The first-order valence-electron chi connectivity index (χ1n) is 8.22. The molecule has 0 atom stereocenters. The normalized spacial score (nSPS) is 11.3. The second-order valence-corrected chi connectivity index (χ2v) is 6.16. The summed E-state index contributed by atoms with van der Waals surface area (Å²) < 4.78 is 11.4. The van der Waals surface area contributed by atoms with Gasteiger partial charge in [-0.2, -0.15) is 5.21 Å². The van der Waals surface area contributed by atoms with Gasteiger partial charge in [0.05, 0.1) is 5.39 Å². The summed E-state index contributed by atoms with van der Waals surface area (Å²) in [6.45, 7) is 1.47. The fourth-order valence-corrected chi connectivity index (χ4v) is 2.65. The van der Waals surface area contributed by atoms with Crippen molar-refractivity contribution >= 4 is 10.9 Å². The van der Waals surface area contributed by atoms with Crippen LogP contribution in [0.1, 0.15) is 0 Å². The zero-order valence-corrected chi connectivity index (χ0v) is 14.5. The number of likely N-dealkylation sites (N-methyl/N-ethyl adjacent to an activating group) is 1. The minimum atomic E-state index is 0.528. The quantitative estimate of drug-likeness (QED) is 0.571. The van der Waals surface area contributed by atoms with Crippen LogP contribution in [0.25, 0.3) is 33.6 Å². The molecule has 0 spiro atoms. The number of aromatic amines is 1. The zero-order valence-electron chi connectivity index (χ0n) is 14.5. The van der Waals surface area contributed by atoms with Crippen molar-refractivity contribution in [1.82, 2.24) is 30.7 Å². The molecule has 0 saturated carbocycles. The molecule has 2 aromatic carbocycles. The van der Waals surface area contributed by atoms with Crippen molar-refractivity contribution in [3.63, 3.8) is 0 Å². The van der Waals surface area contributed by atoms with Gasteiger partial charge in [-0.3, -0.25) is 0 Å². The summed E-state index contributed by atoms with van der Waals surface area (Å²) in [5.74, 6) is 2.01. The molecule has 0 unspecified atom stereocenters. The van der Waals surface area contributed by atoms with Gasteiger partial charge in [0.2, 0.25) is 5.82 Å². The molecule has 0 aliphatic heterocycles. The maximum atomic E-state index is 5.81. The Hall–Kier alpha value is -3.26. The Morgan fingerprint density at radius 2 is 2.04 bits per heavy atom. The molecule has 8 nitrogen and oxygen atoms in total. The molecule has 4 rings (SSSR count). The Kier molecular flexibility index (Phi) is 4.32. The average Bonchev–Trinajstić information content (AvgIpc) is 3.31. The molecule has 0 radical (unpaired) electrons. The average molecular weight is 350 g/mol. The number of nitrogens with one attached hydrogen (secondary N) is 1. The zero-order chi connectivity index (χ0) is 17.9. The molecule has 4 aromatic rings. The Morgan fingerprint density at radius 1 is 1.12 bits per heavy atom. The number of ether oxygens (including phenoxy) is 1. The molecule has 2 aromatic heterocycles. The number of benzene rings is 2. The van der Waals surface area contributed by atoms with Crippen molar-refractivity contribution in [2.45, 2.75) is 0 Å². The van der Waals surface area contributed by atoms with Crippen molar-refractivity contribution in [3.05, 3.63) is 42.5 Å². The highest BCUT2D eigenvalue weighted by molar-refractivity contribution is 5.94. The SMILES string of the molecule is CN(C)CCOc1cccc(-c2onc3ccc(-c4nn[nH]n4)cc23)c1. The summed E-state index contributed by atoms with van der Waals surface area (Å²) in [6, 6.07) is 13.5. The number of fused-ring (bicyclic) bond motifs is 1. The summed E-state index contributed by atoms with van der Waals surface area (Å²) in [7, 11) is 4.03. The molecule has 2 heterocycles. The first-order valence-corrected chi connectivity index (χ1v) is 8.22. The standard InChI is InChI=1S/C18H18N6O2/c1-24(2)8-9-25-14-5-3-4-12(10-14)17-15-11-13(18-19-22-23-20-18)6-7-16(15)21-26-17/h3-7,10-11H,8-9H2,1-2H3,(H,19,20,22,23). The van der Waals surface area contributed by atoms with Crippen LogP contribution in [0.5, 0.6) is 5.75 Å². The van der Waals surface area contributed by atoms with Crippen LogP contribution in [0.4, 0.5) is 0 Å². The first-order chi connectivity index (χ1) is 12.7. The van der Waals surface area contributed by atoms with E-state index in [-0.39, 0.29) is 0 Å². The molecule has 8 heteroatoms. The minimum Gasteiger partial charge on any atom is -0.492 e. The molecule has 0 amide bonds. The monoisotopic (exact) mass is 350 g/mol. The largest absolute Gasteiger partial charge is 0.492 e. The number of nitrogens with zero attached hydrogens (tertiary/aromatic N) is 5. The van der Waals surface area contributed by atoms with E-state index in [9.17, 15) is 0 Å². The van der Waals surface area contributed by atoms with Crippen molar-refractivity contribution < 1.29 is 9.26 Å². The Labute approximate surface area is 149 Å². The highest BCUT2D eigenvalue weighted by atomic mass is 16.5. The lowest BCUT2D eigenvalue weighted by Crippen LogP contribution is -2.19. The van der Waals surface area contributed by atoms with Crippen molar-refractivity contribution in [3.8, 4) is 28.5 Å². The van der Waals surface area contributed by atoms with E-state index in [1.54, 1.807) is 0 Å². The first kappa shape index (κ1) is 16.2. The van der Waals surface area contributed by atoms with Crippen LogP contribution >= 0.6 is 0 Å². The molecular weight excluding hydrogens is 332 g/mol. The molecule has 1 N–H and O–H groups in total. The predicted molar refractivity (Wildman–Crippen MR) is 96.7 cm³/mol. The van der Waals surface area contributed by atoms with E-state index in [4.69, 9.17) is 9.26 Å². The van der Waals surface area contributed by atoms with E-state index in [1.807, 2.05) is 56.6 Å². The summed E-state index contributed by atoms with van der Waals surface area (Å²) >= 11 is 0. The topological polar surface area (TPSA) is 93.0 Å². The second kappa shape index (κ2) is 6.93. The number of hydrogen-bond acceptors (Lipinski definition) is 7. The van der Waals surface area contributed by atoms with Crippen molar-refractivity contribution in [1.29, 1.82) is 0 Å². The molecular formula is C18H18N6O2. The maximum Gasteiger partial charge on any atom is 0.204 e. The van der Waals surface area contributed by atoms with Gasteiger partial charge in [0.25, 0.3) is 0 Å². The van der Waals surface area contributed by atoms with Crippen molar-refractivity contribution in [2.24, 2.45) is 0 Å². The van der Waals surface area contributed by atoms with Gasteiger partial charge in [-0.05, 0) is 49.6 Å². The predicted octanol–water partition coefficient (Wildman–Crippen LogP) is 2.62. The Bertz CT molecular complexity index is 1010. The number of hydrogen-bond donors (Lipinski definition) is 1. The van der Waals surface area contributed by atoms with Crippen LogP contribution in [-0.2, 0) is 0 Å². The highest BCUT2D eigenvalue weighted by Crippen LogP contribution is 2.32. The lowest BCUT2D eigenvalue weighted by molar-refractivity contribution is 0.261. The number of aromatic nitrogens is 5. The fourth-order valence-electron chi connectivity index (χ4n) is 2.65. The van der Waals surface area contributed by atoms with E-state index < -0.39 is 0 Å². The van der Waals surface area contributed by atoms with Gasteiger partial charge in [-0.25, -0.2) is 0 Å². The third kappa shape index (κ3) is 3.27. The van der Waals surface area contributed by atoms with Crippen LogP contribution in [0.15, 0.2) is 47.0 Å². The molecule has 0 aliphatic carbocycles. The van der Waals surface area contributed by atoms with Crippen LogP contribution < -0.4 is 4.74 Å². The van der Waals surface area contributed by atoms with Gasteiger partial charge in [-0.15, -0.1) is 10.2 Å². The van der Waals surface area contributed by atoms with Crippen LogP contribution in [-0.4, -0.2) is 57.9 Å². The number of tetrazole rings is 1. The third-order valence-electron chi connectivity index (χ3n) is 3.98. The number of H-pyrrole nitrogens is 1. The van der Waals surface area contributed by atoms with Crippen LogP contribution in [0, 0.1) is 0 Å². The lowest BCUT2D eigenvalue weighted by Gasteiger charge is -2.11. The summed E-state index contributed by atoms with van der Waals surface area (Å²) in [4.78, 5) is 2.08. The summed E-state index contributed by atoms with van der Waals surface area (Å²) in [6.07, 6.45) is 0. The van der Waals surface area contributed by atoms with E-state index in [1.165, 1.54) is 0 Å². The molecule has 26 heavy (non-hydrogen) atoms. The smallest absolute Gasteiger partial charge is 0.204 e. The van der Waals surface area contributed by atoms with Gasteiger partial charge in [0.1, 0.15) is 17.9 Å². The van der Waals surface area contributed by atoms with E-state index in [0.29, 0.717) is 18.2 Å².